The number of nitrogens with one attached hydrogen (secondary N) is 1. The van der Waals surface area contributed by atoms with Crippen molar-refractivity contribution in [2.75, 3.05) is 13.6 Å². The summed E-state index contributed by atoms with van der Waals surface area (Å²) in [5.41, 5.74) is 5.43. The molecule has 0 aliphatic carbocycles. The zero-order valence-electron chi connectivity index (χ0n) is 15.1. The van der Waals surface area contributed by atoms with E-state index in [1.807, 2.05) is 27.7 Å². The number of likely N-dealkylation sites (N-methyl/N-ethyl adjacent to an activating group) is 1. The molecule has 0 heterocycles. The van der Waals surface area contributed by atoms with E-state index in [0.29, 0.717) is 18.5 Å². The maximum absolute atomic E-state index is 11.9. The summed E-state index contributed by atoms with van der Waals surface area (Å²) in [6.07, 6.45) is 0.713. The molecule has 0 rings (SSSR count). The van der Waals surface area contributed by atoms with Gasteiger partial charge in [0, 0.05) is 24.7 Å². The summed E-state index contributed by atoms with van der Waals surface area (Å²) in [5, 5.41) is 2.89. The topological polar surface area (TPSA) is 67.6 Å². The quantitative estimate of drug-likeness (QED) is 0.758. The minimum atomic E-state index is -0.487. The number of rotatable bonds is 7. The zero-order chi connectivity index (χ0) is 16.8. The molecule has 0 saturated heterocycles. The molecular formula is C16H35N3O2. The van der Waals surface area contributed by atoms with Crippen LogP contribution < -0.4 is 11.1 Å². The predicted molar refractivity (Wildman–Crippen MR) is 88.4 cm³/mol. The molecule has 3 atom stereocenters. The number of carbonyl (C=O) groups is 1. The van der Waals surface area contributed by atoms with Gasteiger partial charge in [-0.1, -0.05) is 13.8 Å². The molecule has 0 aromatic carbocycles. The van der Waals surface area contributed by atoms with Crippen LogP contribution in [0, 0.1) is 5.92 Å². The van der Waals surface area contributed by atoms with Gasteiger partial charge in [0.05, 0.1) is 0 Å². The van der Waals surface area contributed by atoms with Crippen LogP contribution in [0.15, 0.2) is 0 Å². The smallest absolute Gasteiger partial charge is 0.407 e. The second-order valence-corrected chi connectivity index (χ2v) is 7.38. The van der Waals surface area contributed by atoms with E-state index in [2.05, 4.69) is 38.0 Å². The maximum Gasteiger partial charge on any atom is 0.407 e. The van der Waals surface area contributed by atoms with Crippen LogP contribution in [0.5, 0.6) is 0 Å². The highest BCUT2D eigenvalue weighted by molar-refractivity contribution is 5.68. The summed E-state index contributed by atoms with van der Waals surface area (Å²) in [7, 11) is 2.07. The van der Waals surface area contributed by atoms with Gasteiger partial charge in [0.25, 0.3) is 0 Å². The zero-order valence-corrected chi connectivity index (χ0v) is 15.1. The highest BCUT2D eigenvalue weighted by atomic mass is 16.6. The van der Waals surface area contributed by atoms with Crippen molar-refractivity contribution in [3.63, 3.8) is 0 Å². The molecule has 5 heteroatoms. The molecule has 3 unspecified atom stereocenters. The van der Waals surface area contributed by atoms with Crippen LogP contribution in [0.4, 0.5) is 4.79 Å². The Labute approximate surface area is 130 Å². The van der Waals surface area contributed by atoms with E-state index >= 15 is 0 Å². The molecular weight excluding hydrogens is 266 g/mol. The summed E-state index contributed by atoms with van der Waals surface area (Å²) in [4.78, 5) is 14.1. The number of nitrogens with zero attached hydrogens (tertiary/aromatic N) is 1. The van der Waals surface area contributed by atoms with Gasteiger partial charge in [-0.15, -0.1) is 0 Å². The lowest BCUT2D eigenvalue weighted by Crippen LogP contribution is -2.55. The van der Waals surface area contributed by atoms with Crippen molar-refractivity contribution in [3.8, 4) is 0 Å². The Bertz CT molecular complexity index is 313. The summed E-state index contributed by atoms with van der Waals surface area (Å²) in [6.45, 7) is 14.7. The van der Waals surface area contributed by atoms with Crippen molar-refractivity contribution in [1.29, 1.82) is 0 Å². The Morgan fingerprint density at radius 1 is 1.24 bits per heavy atom. The number of nitrogens with two attached hydrogens (primary N) is 1. The van der Waals surface area contributed by atoms with Gasteiger partial charge < -0.3 is 15.8 Å². The molecule has 0 aromatic heterocycles. The summed E-state index contributed by atoms with van der Waals surface area (Å²) >= 11 is 0. The van der Waals surface area contributed by atoms with Crippen LogP contribution >= 0.6 is 0 Å². The van der Waals surface area contributed by atoms with E-state index in [-0.39, 0.29) is 12.1 Å². The molecule has 0 saturated carbocycles. The summed E-state index contributed by atoms with van der Waals surface area (Å²) in [5.74, 6) is 0.634. The Hall–Kier alpha value is -0.810. The Morgan fingerprint density at radius 2 is 1.76 bits per heavy atom. The normalized spacial score (nSPS) is 16.7. The van der Waals surface area contributed by atoms with Gasteiger partial charge in [-0.05, 0) is 54.0 Å². The molecule has 1 amide bonds. The van der Waals surface area contributed by atoms with E-state index in [1.54, 1.807) is 0 Å². The summed E-state index contributed by atoms with van der Waals surface area (Å²) in [6, 6.07) is 0.442. The minimum absolute atomic E-state index is 0.0653. The Balaban J connectivity index is 4.60. The fourth-order valence-electron chi connectivity index (χ4n) is 2.49. The molecule has 0 aromatic rings. The second-order valence-electron chi connectivity index (χ2n) is 7.38. The number of alkyl carbamates (subject to hydrolysis) is 1. The Kier molecular flexibility index (Phi) is 8.26. The maximum atomic E-state index is 11.9. The molecule has 0 radical (unpaired) electrons. The van der Waals surface area contributed by atoms with Crippen molar-refractivity contribution in [2.45, 2.75) is 78.6 Å². The fraction of sp³-hybridized carbons (Fsp3) is 0.938. The number of hydrogen-bond acceptors (Lipinski definition) is 4. The molecule has 0 aliphatic heterocycles. The van der Waals surface area contributed by atoms with Crippen LogP contribution in [-0.4, -0.2) is 48.3 Å². The Morgan fingerprint density at radius 3 is 2.14 bits per heavy atom. The van der Waals surface area contributed by atoms with Gasteiger partial charge >= 0.3 is 6.09 Å². The number of amides is 1. The van der Waals surface area contributed by atoms with Gasteiger partial charge in [-0.3, -0.25) is 4.90 Å². The van der Waals surface area contributed by atoms with Crippen molar-refractivity contribution in [3.05, 3.63) is 0 Å². The molecule has 0 bridgehead atoms. The third-order valence-electron chi connectivity index (χ3n) is 3.59. The van der Waals surface area contributed by atoms with Crippen LogP contribution in [0.2, 0.25) is 0 Å². The van der Waals surface area contributed by atoms with Gasteiger partial charge in [0.15, 0.2) is 0 Å². The first-order valence-corrected chi connectivity index (χ1v) is 7.89. The third-order valence-corrected chi connectivity index (χ3v) is 3.59. The number of hydrogen-bond donors (Lipinski definition) is 2. The highest BCUT2D eigenvalue weighted by Gasteiger charge is 2.27. The SMILES string of the molecule is CC(C)CC(C)N(C)C(CN)C(C)NC(=O)OC(C)(C)C. The molecule has 0 spiro atoms. The van der Waals surface area contributed by atoms with E-state index in [9.17, 15) is 4.79 Å². The van der Waals surface area contributed by atoms with E-state index in [4.69, 9.17) is 10.5 Å². The van der Waals surface area contributed by atoms with Gasteiger partial charge in [0.1, 0.15) is 5.60 Å². The average molecular weight is 301 g/mol. The van der Waals surface area contributed by atoms with Crippen molar-refractivity contribution >= 4 is 6.09 Å². The third kappa shape index (κ3) is 8.27. The van der Waals surface area contributed by atoms with E-state index < -0.39 is 11.7 Å². The first kappa shape index (κ1) is 20.2. The van der Waals surface area contributed by atoms with Crippen LogP contribution in [0.1, 0.15) is 54.9 Å². The van der Waals surface area contributed by atoms with Crippen LogP contribution in [-0.2, 0) is 4.74 Å². The lowest BCUT2D eigenvalue weighted by Gasteiger charge is -2.37. The predicted octanol–water partition coefficient (Wildman–Crippen LogP) is 2.59. The monoisotopic (exact) mass is 301 g/mol. The number of carbonyl (C=O) groups excluding carboxylic acids is 1. The first-order valence-electron chi connectivity index (χ1n) is 7.89. The molecule has 0 aliphatic rings. The van der Waals surface area contributed by atoms with Gasteiger partial charge in [-0.2, -0.15) is 0 Å². The standard InChI is InChI=1S/C16H35N3O2/c1-11(2)9-12(3)19(8)14(10-17)13(4)18-15(20)21-16(5,6)7/h11-14H,9-10,17H2,1-8H3,(H,18,20). The molecule has 0 fully saturated rings. The highest BCUT2D eigenvalue weighted by Crippen LogP contribution is 2.14. The van der Waals surface area contributed by atoms with Crippen molar-refractivity contribution < 1.29 is 9.53 Å². The van der Waals surface area contributed by atoms with Crippen molar-refractivity contribution in [1.82, 2.24) is 10.2 Å². The van der Waals surface area contributed by atoms with Crippen LogP contribution in [0.25, 0.3) is 0 Å². The van der Waals surface area contributed by atoms with Crippen molar-refractivity contribution in [2.24, 2.45) is 11.7 Å². The lowest BCUT2D eigenvalue weighted by atomic mass is 10.0. The first-order chi connectivity index (χ1) is 9.47. The van der Waals surface area contributed by atoms with E-state index in [0.717, 1.165) is 6.42 Å². The van der Waals surface area contributed by atoms with Gasteiger partial charge in [-0.25, -0.2) is 4.79 Å². The molecule has 5 nitrogen and oxygen atoms in total. The lowest BCUT2D eigenvalue weighted by molar-refractivity contribution is 0.0462. The molecule has 126 valence electrons. The average Bonchev–Trinajstić information content (AvgIpc) is 2.25. The second kappa shape index (κ2) is 8.59. The molecule has 3 N–H and O–H groups in total. The molecule has 21 heavy (non-hydrogen) atoms. The number of ether oxygens (including phenoxy) is 1. The van der Waals surface area contributed by atoms with E-state index in [1.165, 1.54) is 0 Å². The van der Waals surface area contributed by atoms with Crippen LogP contribution in [0.3, 0.4) is 0 Å². The minimum Gasteiger partial charge on any atom is -0.444 e. The summed E-state index contributed by atoms with van der Waals surface area (Å²) < 4.78 is 5.30. The van der Waals surface area contributed by atoms with Gasteiger partial charge in [0.2, 0.25) is 0 Å². The fourth-order valence-corrected chi connectivity index (χ4v) is 2.49. The largest absolute Gasteiger partial charge is 0.444 e.